The van der Waals surface area contributed by atoms with E-state index >= 15 is 0 Å². The van der Waals surface area contributed by atoms with Crippen molar-refractivity contribution < 1.29 is 19.5 Å². The molecule has 2 amide bonds. The van der Waals surface area contributed by atoms with Gasteiger partial charge >= 0.3 is 5.97 Å². The second-order valence-electron chi connectivity index (χ2n) is 4.32. The van der Waals surface area contributed by atoms with Crippen LogP contribution in [0.1, 0.15) is 26.2 Å². The van der Waals surface area contributed by atoms with Crippen LogP contribution in [0.15, 0.2) is 0 Å². The van der Waals surface area contributed by atoms with Crippen LogP contribution in [0, 0.1) is 0 Å². The van der Waals surface area contributed by atoms with Crippen LogP contribution in [0.3, 0.4) is 0 Å². The maximum Gasteiger partial charge on any atom is 0.303 e. The molecule has 1 rings (SSSR count). The number of hydrogen-bond acceptors (Lipinski definition) is 4. The molecule has 1 saturated heterocycles. The number of carboxylic acids is 1. The quantitative estimate of drug-likeness (QED) is 0.696. The number of nitrogens with one attached hydrogen (secondary N) is 1. The van der Waals surface area contributed by atoms with Crippen LogP contribution in [-0.2, 0) is 14.4 Å². The molecule has 1 unspecified atom stereocenters. The largest absolute Gasteiger partial charge is 0.481 e. The first-order valence-electron chi connectivity index (χ1n) is 5.85. The van der Waals surface area contributed by atoms with Crippen molar-refractivity contribution in [3.63, 3.8) is 0 Å². The molecule has 0 aromatic carbocycles. The van der Waals surface area contributed by atoms with Crippen molar-refractivity contribution >= 4 is 29.5 Å². The van der Waals surface area contributed by atoms with Crippen LogP contribution >= 0.6 is 11.8 Å². The number of aliphatic carboxylic acids is 1. The molecule has 0 radical (unpaired) electrons. The van der Waals surface area contributed by atoms with Gasteiger partial charge in [0.1, 0.15) is 6.54 Å². The Morgan fingerprint density at radius 3 is 2.83 bits per heavy atom. The fourth-order valence-electron chi connectivity index (χ4n) is 1.67. The third kappa shape index (κ3) is 5.39. The van der Waals surface area contributed by atoms with Crippen molar-refractivity contribution in [3.05, 3.63) is 0 Å². The average Bonchev–Trinajstić information content (AvgIpc) is 2.63. The third-order valence-electron chi connectivity index (χ3n) is 2.60. The summed E-state index contributed by atoms with van der Waals surface area (Å²) in [6.45, 7) is 1.93. The number of hydrogen-bond donors (Lipinski definition) is 2. The fourth-order valence-corrected chi connectivity index (χ4v) is 2.57. The van der Waals surface area contributed by atoms with Crippen LogP contribution in [0.5, 0.6) is 0 Å². The van der Waals surface area contributed by atoms with Gasteiger partial charge in [0.15, 0.2) is 0 Å². The normalized spacial score (nSPS) is 16.7. The molecular weight excluding hydrogens is 256 g/mol. The van der Waals surface area contributed by atoms with Gasteiger partial charge < -0.3 is 15.3 Å². The molecule has 0 saturated carbocycles. The molecule has 18 heavy (non-hydrogen) atoms. The van der Waals surface area contributed by atoms with E-state index in [-0.39, 0.29) is 30.8 Å². The molecule has 2 N–H and O–H groups in total. The maximum absolute atomic E-state index is 11.6. The highest BCUT2D eigenvalue weighted by atomic mass is 32.2. The molecule has 1 aliphatic rings. The molecule has 1 fully saturated rings. The number of nitrogens with zero attached hydrogens (tertiary/aromatic N) is 1. The van der Waals surface area contributed by atoms with Crippen molar-refractivity contribution in [1.29, 1.82) is 0 Å². The molecular formula is C11H18N2O4S. The number of amides is 2. The summed E-state index contributed by atoms with van der Waals surface area (Å²) in [6.07, 6.45) is 1.28. The Morgan fingerprint density at radius 2 is 2.28 bits per heavy atom. The smallest absolute Gasteiger partial charge is 0.303 e. The average molecular weight is 274 g/mol. The highest BCUT2D eigenvalue weighted by molar-refractivity contribution is 8.00. The summed E-state index contributed by atoms with van der Waals surface area (Å²) < 4.78 is 0. The highest BCUT2D eigenvalue weighted by Crippen LogP contribution is 2.14. The van der Waals surface area contributed by atoms with Gasteiger partial charge in [-0.05, 0) is 19.8 Å². The van der Waals surface area contributed by atoms with Gasteiger partial charge in [-0.1, -0.05) is 0 Å². The van der Waals surface area contributed by atoms with E-state index in [1.54, 1.807) is 0 Å². The molecule has 0 aliphatic carbocycles. The predicted molar refractivity (Wildman–Crippen MR) is 68.1 cm³/mol. The Labute approximate surface area is 110 Å². The number of rotatable bonds is 7. The van der Waals surface area contributed by atoms with Gasteiger partial charge in [0.25, 0.3) is 0 Å². The van der Waals surface area contributed by atoms with Gasteiger partial charge in [0.05, 0.1) is 11.6 Å². The Kier molecular flexibility index (Phi) is 5.97. The zero-order chi connectivity index (χ0) is 13.5. The Bertz CT molecular complexity index is 335. The molecule has 6 nitrogen and oxygen atoms in total. The van der Waals surface area contributed by atoms with Crippen LogP contribution < -0.4 is 5.32 Å². The van der Waals surface area contributed by atoms with Crippen LogP contribution in [0.25, 0.3) is 0 Å². The molecule has 102 valence electrons. The van der Waals surface area contributed by atoms with E-state index in [0.29, 0.717) is 24.5 Å². The first kappa shape index (κ1) is 14.8. The lowest BCUT2D eigenvalue weighted by Gasteiger charge is -2.17. The van der Waals surface area contributed by atoms with Crippen molar-refractivity contribution in [1.82, 2.24) is 10.2 Å². The minimum atomic E-state index is -0.826. The van der Waals surface area contributed by atoms with E-state index in [4.69, 9.17) is 5.11 Å². The van der Waals surface area contributed by atoms with E-state index in [2.05, 4.69) is 5.32 Å². The number of carboxylic acid groups (broad SMARTS) is 1. The molecule has 7 heteroatoms. The van der Waals surface area contributed by atoms with Crippen LogP contribution in [-0.4, -0.2) is 52.0 Å². The van der Waals surface area contributed by atoms with Crippen molar-refractivity contribution in [2.24, 2.45) is 0 Å². The Morgan fingerprint density at radius 1 is 1.56 bits per heavy atom. The Hall–Kier alpha value is -1.24. The standard InChI is InChI=1S/C11H18N2O4S/c1-8(3-2-4-11(16)17)12-9(14)5-13-7-18-6-10(13)15/h8H,2-7H2,1H3,(H,12,14)(H,16,17). The van der Waals surface area contributed by atoms with Crippen molar-refractivity contribution in [3.8, 4) is 0 Å². The lowest BCUT2D eigenvalue weighted by molar-refractivity contribution is -0.137. The fraction of sp³-hybridized carbons (Fsp3) is 0.727. The summed E-state index contributed by atoms with van der Waals surface area (Å²) in [7, 11) is 0. The zero-order valence-corrected chi connectivity index (χ0v) is 11.2. The zero-order valence-electron chi connectivity index (χ0n) is 10.3. The van der Waals surface area contributed by atoms with Gasteiger partial charge in [-0.15, -0.1) is 11.8 Å². The number of carbonyl (C=O) groups excluding carboxylic acids is 2. The summed E-state index contributed by atoms with van der Waals surface area (Å²) in [5, 5.41) is 11.3. The van der Waals surface area contributed by atoms with Crippen LogP contribution in [0.2, 0.25) is 0 Å². The molecule has 0 aromatic rings. The van der Waals surface area contributed by atoms with E-state index in [1.165, 1.54) is 16.7 Å². The SMILES string of the molecule is CC(CCCC(=O)O)NC(=O)CN1CSCC1=O. The van der Waals surface area contributed by atoms with E-state index < -0.39 is 5.97 Å². The van der Waals surface area contributed by atoms with Gasteiger partial charge in [0, 0.05) is 12.5 Å². The monoisotopic (exact) mass is 274 g/mol. The third-order valence-corrected chi connectivity index (χ3v) is 3.54. The van der Waals surface area contributed by atoms with E-state index in [1.807, 2.05) is 6.92 Å². The minimum Gasteiger partial charge on any atom is -0.481 e. The number of carbonyl (C=O) groups is 3. The summed E-state index contributed by atoms with van der Waals surface area (Å²) in [4.78, 5) is 34.8. The van der Waals surface area contributed by atoms with Gasteiger partial charge in [-0.2, -0.15) is 0 Å². The van der Waals surface area contributed by atoms with E-state index in [0.717, 1.165) is 0 Å². The lowest BCUT2D eigenvalue weighted by atomic mass is 10.1. The topological polar surface area (TPSA) is 86.7 Å². The molecule has 1 aliphatic heterocycles. The van der Waals surface area contributed by atoms with Crippen molar-refractivity contribution in [2.45, 2.75) is 32.2 Å². The van der Waals surface area contributed by atoms with Gasteiger partial charge in [-0.25, -0.2) is 0 Å². The first-order valence-corrected chi connectivity index (χ1v) is 7.01. The summed E-state index contributed by atoms with van der Waals surface area (Å²) in [5.74, 6) is -0.00302. The maximum atomic E-state index is 11.6. The second kappa shape index (κ2) is 7.25. The molecule has 0 bridgehead atoms. The Balaban J connectivity index is 2.18. The first-order chi connectivity index (χ1) is 8.49. The minimum absolute atomic E-state index is 0.00585. The summed E-state index contributed by atoms with van der Waals surface area (Å²) >= 11 is 1.50. The van der Waals surface area contributed by atoms with Crippen molar-refractivity contribution in [2.75, 3.05) is 18.2 Å². The molecule has 0 aromatic heterocycles. The highest BCUT2D eigenvalue weighted by Gasteiger charge is 2.23. The van der Waals surface area contributed by atoms with Gasteiger partial charge in [0.2, 0.25) is 11.8 Å². The molecule has 1 atom stereocenters. The summed E-state index contributed by atoms with van der Waals surface area (Å²) in [5.41, 5.74) is 0. The summed E-state index contributed by atoms with van der Waals surface area (Å²) in [6, 6.07) is -0.0674. The second-order valence-corrected chi connectivity index (χ2v) is 5.28. The molecule has 1 heterocycles. The predicted octanol–water partition coefficient (Wildman–Crippen LogP) is 0.279. The van der Waals surface area contributed by atoms with Crippen LogP contribution in [0.4, 0.5) is 0 Å². The molecule has 0 spiro atoms. The number of thioether (sulfide) groups is 1. The lowest BCUT2D eigenvalue weighted by Crippen LogP contribution is -2.41. The van der Waals surface area contributed by atoms with E-state index in [9.17, 15) is 14.4 Å². The van der Waals surface area contributed by atoms with Gasteiger partial charge in [-0.3, -0.25) is 14.4 Å².